The van der Waals surface area contributed by atoms with Crippen LogP contribution in [0.2, 0.25) is 0 Å². The Balaban J connectivity index is 4.08. The van der Waals surface area contributed by atoms with Crippen LogP contribution in [0.3, 0.4) is 0 Å². The molecule has 0 amide bonds. The molecule has 74 heavy (non-hydrogen) atoms. The summed E-state index contributed by atoms with van der Waals surface area (Å²) in [6.07, 6.45) is 77.6. The monoisotopic (exact) mass is 1040 g/mol. The SMILES string of the molecule is CCCCCCC/C=C\C/C=C\C/C=C\CCCCCCCCCCC(=O)OC(COC(=O)CCCCCCCCC)COC(=O)CCCCCCCCCCCCCCCCCCCCCCCCCCCC. The van der Waals surface area contributed by atoms with Gasteiger partial charge in [-0.2, -0.15) is 0 Å². The van der Waals surface area contributed by atoms with Crippen molar-refractivity contribution in [2.24, 2.45) is 0 Å². The van der Waals surface area contributed by atoms with Gasteiger partial charge in [0.2, 0.25) is 0 Å². The second-order valence-corrected chi connectivity index (χ2v) is 22.4. The Kier molecular flexibility index (Phi) is 61.1. The molecule has 0 rings (SSSR count). The fourth-order valence-electron chi connectivity index (χ4n) is 9.92. The molecule has 0 aromatic heterocycles. The van der Waals surface area contributed by atoms with Crippen LogP contribution in [0, 0.1) is 0 Å². The smallest absolute Gasteiger partial charge is 0.306 e. The molecule has 0 N–H and O–H groups in total. The number of rotatable bonds is 61. The molecule has 434 valence electrons. The van der Waals surface area contributed by atoms with Gasteiger partial charge in [-0.05, 0) is 57.8 Å². The summed E-state index contributed by atoms with van der Waals surface area (Å²) in [5, 5.41) is 0. The normalized spacial score (nSPS) is 12.2. The van der Waals surface area contributed by atoms with Crippen LogP contribution in [-0.4, -0.2) is 37.2 Å². The van der Waals surface area contributed by atoms with E-state index in [9.17, 15) is 14.4 Å². The minimum atomic E-state index is -0.772. The molecule has 1 atom stereocenters. The zero-order valence-electron chi connectivity index (χ0n) is 49.9. The summed E-state index contributed by atoms with van der Waals surface area (Å²) in [5.41, 5.74) is 0. The highest BCUT2D eigenvalue weighted by Crippen LogP contribution is 2.18. The quantitative estimate of drug-likeness (QED) is 0.0261. The van der Waals surface area contributed by atoms with Gasteiger partial charge in [0.05, 0.1) is 0 Å². The van der Waals surface area contributed by atoms with E-state index in [4.69, 9.17) is 14.2 Å². The lowest BCUT2D eigenvalue weighted by molar-refractivity contribution is -0.167. The van der Waals surface area contributed by atoms with Crippen LogP contribution in [-0.2, 0) is 28.6 Å². The number of unbranched alkanes of at least 4 members (excludes halogenated alkanes) is 44. The molecule has 6 heteroatoms. The van der Waals surface area contributed by atoms with Gasteiger partial charge in [0, 0.05) is 19.3 Å². The van der Waals surface area contributed by atoms with Gasteiger partial charge >= 0.3 is 17.9 Å². The van der Waals surface area contributed by atoms with E-state index in [0.717, 1.165) is 77.0 Å². The third-order valence-corrected chi connectivity index (χ3v) is 14.9. The summed E-state index contributed by atoms with van der Waals surface area (Å²) in [6.45, 7) is 6.64. The van der Waals surface area contributed by atoms with Crippen molar-refractivity contribution in [3.8, 4) is 0 Å². The second-order valence-electron chi connectivity index (χ2n) is 22.4. The van der Waals surface area contributed by atoms with E-state index >= 15 is 0 Å². The number of hydrogen-bond donors (Lipinski definition) is 0. The highest BCUT2D eigenvalue weighted by atomic mass is 16.6. The van der Waals surface area contributed by atoms with E-state index in [1.54, 1.807) is 0 Å². The Morgan fingerprint density at radius 1 is 0.270 bits per heavy atom. The van der Waals surface area contributed by atoms with E-state index in [1.807, 2.05) is 0 Å². The summed E-state index contributed by atoms with van der Waals surface area (Å²) in [5.74, 6) is -0.863. The van der Waals surface area contributed by atoms with E-state index in [1.165, 1.54) is 244 Å². The van der Waals surface area contributed by atoms with Gasteiger partial charge < -0.3 is 14.2 Å². The summed E-state index contributed by atoms with van der Waals surface area (Å²) in [4.78, 5) is 38.1. The van der Waals surface area contributed by atoms with Crippen LogP contribution >= 0.6 is 0 Å². The number of hydrogen-bond acceptors (Lipinski definition) is 6. The molecule has 6 nitrogen and oxygen atoms in total. The molecule has 0 heterocycles. The highest BCUT2D eigenvalue weighted by Gasteiger charge is 2.19. The lowest BCUT2D eigenvalue weighted by atomic mass is 10.0. The van der Waals surface area contributed by atoms with Crippen LogP contribution < -0.4 is 0 Å². The second kappa shape index (κ2) is 63.2. The zero-order chi connectivity index (χ0) is 53.6. The van der Waals surface area contributed by atoms with Crippen molar-refractivity contribution in [1.82, 2.24) is 0 Å². The first-order valence-corrected chi connectivity index (χ1v) is 33.0. The van der Waals surface area contributed by atoms with Crippen LogP contribution in [0.5, 0.6) is 0 Å². The number of carbonyl (C=O) groups excluding carboxylic acids is 3. The largest absolute Gasteiger partial charge is 0.462 e. The van der Waals surface area contributed by atoms with Crippen molar-refractivity contribution in [2.45, 2.75) is 367 Å². The topological polar surface area (TPSA) is 78.9 Å². The first-order chi connectivity index (χ1) is 36.5. The molecule has 0 aromatic rings. The third kappa shape index (κ3) is 60.5. The number of esters is 3. The van der Waals surface area contributed by atoms with Crippen LogP contribution in [0.15, 0.2) is 36.5 Å². The molecule has 0 saturated heterocycles. The molecule has 0 radical (unpaired) electrons. The number of ether oxygens (including phenoxy) is 3. The maximum absolute atomic E-state index is 12.9. The first kappa shape index (κ1) is 71.6. The van der Waals surface area contributed by atoms with Crippen molar-refractivity contribution in [1.29, 1.82) is 0 Å². The molecule has 0 saturated carbocycles. The maximum atomic E-state index is 12.9. The molecule has 1 unspecified atom stereocenters. The molecule has 0 spiro atoms. The van der Waals surface area contributed by atoms with E-state index in [-0.39, 0.29) is 31.1 Å². The van der Waals surface area contributed by atoms with Crippen molar-refractivity contribution >= 4 is 17.9 Å². The summed E-state index contributed by atoms with van der Waals surface area (Å²) in [6, 6.07) is 0. The van der Waals surface area contributed by atoms with Crippen molar-refractivity contribution in [3.63, 3.8) is 0 Å². The van der Waals surface area contributed by atoms with Gasteiger partial charge in [-0.1, -0.05) is 320 Å². The molecule has 0 bridgehead atoms. The van der Waals surface area contributed by atoms with Gasteiger partial charge in [-0.15, -0.1) is 0 Å². The lowest BCUT2D eigenvalue weighted by Crippen LogP contribution is -2.30. The van der Waals surface area contributed by atoms with Gasteiger partial charge in [-0.3, -0.25) is 14.4 Å². The molecule has 0 aliphatic carbocycles. The average Bonchev–Trinajstić information content (AvgIpc) is 3.40. The molecule has 0 fully saturated rings. The fourth-order valence-corrected chi connectivity index (χ4v) is 9.92. The number of carbonyl (C=O) groups is 3. The van der Waals surface area contributed by atoms with Crippen LogP contribution in [0.1, 0.15) is 361 Å². The van der Waals surface area contributed by atoms with Gasteiger partial charge in [-0.25, -0.2) is 0 Å². The highest BCUT2D eigenvalue weighted by molar-refractivity contribution is 5.71. The van der Waals surface area contributed by atoms with E-state index < -0.39 is 6.10 Å². The Labute approximate surface area is 461 Å². The Morgan fingerprint density at radius 3 is 0.757 bits per heavy atom. The van der Waals surface area contributed by atoms with Crippen molar-refractivity contribution in [3.05, 3.63) is 36.5 Å². The number of allylic oxidation sites excluding steroid dienone is 6. The average molecular weight is 1040 g/mol. The Bertz CT molecular complexity index is 1240. The maximum Gasteiger partial charge on any atom is 0.306 e. The standard InChI is InChI=1S/C68H126O6/c1-4-7-10-13-16-18-20-22-24-26-28-30-32-33-34-36-37-39-41-43-45-47-49-52-55-58-61-67(70)73-64-65(63-72-66(69)60-57-54-51-15-12-9-6-3)74-68(71)62-59-56-53-50-48-46-44-42-40-38-35-31-29-27-25-23-21-19-17-14-11-8-5-2/h21,23,27,29,35,38,65H,4-20,22,24-26,28,30-34,36-37,39-64H2,1-3H3/b23-21-,29-27-,38-35-. The van der Waals surface area contributed by atoms with E-state index in [0.29, 0.717) is 19.3 Å². The zero-order valence-corrected chi connectivity index (χ0v) is 49.9. The minimum Gasteiger partial charge on any atom is -0.462 e. The van der Waals surface area contributed by atoms with Crippen LogP contribution in [0.4, 0.5) is 0 Å². The molecular weight excluding hydrogens is 913 g/mol. The molecule has 0 aromatic carbocycles. The summed E-state index contributed by atoms with van der Waals surface area (Å²) < 4.78 is 16.9. The fraction of sp³-hybridized carbons (Fsp3) is 0.868. The summed E-state index contributed by atoms with van der Waals surface area (Å²) >= 11 is 0. The minimum absolute atomic E-state index is 0.0706. The summed E-state index contributed by atoms with van der Waals surface area (Å²) in [7, 11) is 0. The predicted molar refractivity (Wildman–Crippen MR) is 321 cm³/mol. The van der Waals surface area contributed by atoms with Crippen molar-refractivity contribution < 1.29 is 28.6 Å². The predicted octanol–water partition coefficient (Wildman–Crippen LogP) is 22.4. The van der Waals surface area contributed by atoms with Gasteiger partial charge in [0.15, 0.2) is 6.10 Å². The Morgan fingerprint density at radius 2 is 0.486 bits per heavy atom. The molecule has 0 aliphatic heterocycles. The van der Waals surface area contributed by atoms with E-state index in [2.05, 4.69) is 57.2 Å². The third-order valence-electron chi connectivity index (χ3n) is 14.9. The molecular formula is C68H126O6. The van der Waals surface area contributed by atoms with Gasteiger partial charge in [0.1, 0.15) is 13.2 Å². The Hall–Kier alpha value is -2.37. The van der Waals surface area contributed by atoms with Crippen LogP contribution in [0.25, 0.3) is 0 Å². The first-order valence-electron chi connectivity index (χ1n) is 33.0. The van der Waals surface area contributed by atoms with Gasteiger partial charge in [0.25, 0.3) is 0 Å². The van der Waals surface area contributed by atoms with Crippen molar-refractivity contribution in [2.75, 3.05) is 13.2 Å². The molecule has 0 aliphatic rings. The lowest BCUT2D eigenvalue weighted by Gasteiger charge is -2.18.